The Morgan fingerprint density at radius 3 is 2.25 bits per heavy atom. The first-order valence-electron chi connectivity index (χ1n) is 12.4. The van der Waals surface area contributed by atoms with Gasteiger partial charge in [-0.1, -0.05) is 73.5 Å². The number of halogens is 1. The minimum Gasteiger partial charge on any atom is -0.484 e. The van der Waals surface area contributed by atoms with Crippen LogP contribution in [0.15, 0.2) is 72.8 Å². The van der Waals surface area contributed by atoms with E-state index in [-0.39, 0.29) is 25.0 Å². The van der Waals surface area contributed by atoms with Gasteiger partial charge in [-0.2, -0.15) is 0 Å². The Hall–Kier alpha value is -3.31. The van der Waals surface area contributed by atoms with Gasteiger partial charge in [0.2, 0.25) is 5.91 Å². The molecule has 1 atom stereocenters. The molecule has 190 valence electrons. The molecule has 1 N–H and O–H groups in total. The van der Waals surface area contributed by atoms with Gasteiger partial charge < -0.3 is 15.0 Å². The van der Waals surface area contributed by atoms with Crippen LogP contribution in [0, 0.1) is 13.8 Å². The average Bonchev–Trinajstić information content (AvgIpc) is 2.86. The van der Waals surface area contributed by atoms with Crippen LogP contribution in [-0.2, 0) is 22.6 Å². The number of hydrogen-bond donors (Lipinski definition) is 1. The summed E-state index contributed by atoms with van der Waals surface area (Å²) in [5, 5.41) is 3.65. The van der Waals surface area contributed by atoms with E-state index >= 15 is 0 Å². The van der Waals surface area contributed by atoms with Crippen LogP contribution in [-0.4, -0.2) is 35.9 Å². The van der Waals surface area contributed by atoms with Crippen molar-refractivity contribution in [2.75, 3.05) is 13.2 Å². The van der Waals surface area contributed by atoms with E-state index in [0.717, 1.165) is 35.1 Å². The van der Waals surface area contributed by atoms with E-state index in [4.69, 9.17) is 16.3 Å². The van der Waals surface area contributed by atoms with Gasteiger partial charge >= 0.3 is 0 Å². The summed E-state index contributed by atoms with van der Waals surface area (Å²) in [7, 11) is 0. The lowest BCUT2D eigenvalue weighted by Gasteiger charge is -2.31. The third-order valence-electron chi connectivity index (χ3n) is 5.92. The maximum absolute atomic E-state index is 13.6. The van der Waals surface area contributed by atoms with Crippen molar-refractivity contribution < 1.29 is 14.3 Å². The van der Waals surface area contributed by atoms with Crippen molar-refractivity contribution in [2.45, 2.75) is 52.6 Å². The van der Waals surface area contributed by atoms with E-state index < -0.39 is 6.04 Å². The minimum absolute atomic E-state index is 0.163. The molecule has 1 unspecified atom stereocenters. The molecule has 0 heterocycles. The zero-order valence-corrected chi connectivity index (χ0v) is 22.1. The van der Waals surface area contributed by atoms with Crippen molar-refractivity contribution in [2.24, 2.45) is 0 Å². The lowest BCUT2D eigenvalue weighted by atomic mass is 10.0. The molecule has 3 rings (SSSR count). The van der Waals surface area contributed by atoms with Crippen LogP contribution >= 0.6 is 11.6 Å². The van der Waals surface area contributed by atoms with Gasteiger partial charge in [-0.15, -0.1) is 0 Å². The highest BCUT2D eigenvalue weighted by Crippen LogP contribution is 2.19. The van der Waals surface area contributed by atoms with Crippen molar-refractivity contribution in [3.8, 4) is 5.75 Å². The molecule has 3 aromatic carbocycles. The van der Waals surface area contributed by atoms with Crippen molar-refractivity contribution in [1.82, 2.24) is 10.2 Å². The quantitative estimate of drug-likeness (QED) is 0.311. The van der Waals surface area contributed by atoms with E-state index in [1.165, 1.54) is 0 Å². The van der Waals surface area contributed by atoms with Crippen molar-refractivity contribution in [3.63, 3.8) is 0 Å². The summed E-state index contributed by atoms with van der Waals surface area (Å²) < 4.78 is 5.90. The molecule has 0 aliphatic rings. The summed E-state index contributed by atoms with van der Waals surface area (Å²) in [4.78, 5) is 28.7. The molecule has 5 nitrogen and oxygen atoms in total. The molecule has 0 aliphatic carbocycles. The van der Waals surface area contributed by atoms with Gasteiger partial charge in [0.05, 0.1) is 0 Å². The second-order valence-corrected chi connectivity index (χ2v) is 9.55. The van der Waals surface area contributed by atoms with Crippen molar-refractivity contribution >= 4 is 23.4 Å². The van der Waals surface area contributed by atoms with Gasteiger partial charge in [-0.05, 0) is 66.8 Å². The lowest BCUT2D eigenvalue weighted by molar-refractivity contribution is -0.142. The zero-order chi connectivity index (χ0) is 25.9. The molecule has 0 spiro atoms. The van der Waals surface area contributed by atoms with E-state index in [1.807, 2.05) is 68.4 Å². The number of carbonyl (C=O) groups is 2. The molecular formula is C30H35ClN2O3. The Bertz CT molecular complexity index is 1110. The molecule has 0 saturated heterocycles. The Balaban J connectivity index is 1.88. The minimum atomic E-state index is -0.685. The first-order chi connectivity index (χ1) is 17.4. The van der Waals surface area contributed by atoms with Gasteiger partial charge in [0.1, 0.15) is 11.8 Å². The number of rotatable bonds is 12. The number of unbranched alkanes of at least 4 members (excludes halogenated alkanes) is 1. The van der Waals surface area contributed by atoms with Crippen LogP contribution in [0.5, 0.6) is 5.75 Å². The Morgan fingerprint density at radius 1 is 0.944 bits per heavy atom. The van der Waals surface area contributed by atoms with E-state index in [9.17, 15) is 9.59 Å². The normalized spacial score (nSPS) is 11.6. The van der Waals surface area contributed by atoms with Crippen LogP contribution in [0.3, 0.4) is 0 Å². The predicted molar refractivity (Wildman–Crippen MR) is 145 cm³/mol. The van der Waals surface area contributed by atoms with Crippen LogP contribution in [0.2, 0.25) is 5.02 Å². The maximum atomic E-state index is 13.6. The van der Waals surface area contributed by atoms with Crippen molar-refractivity contribution in [1.29, 1.82) is 0 Å². The standard InChI is InChI=1S/C30H35ClN2O3/c1-4-5-15-32-30(35)28(19-24-9-7-6-8-10-24)33(20-25-11-13-26(31)14-12-25)29(34)21-36-27-17-22(2)16-23(3)18-27/h6-14,16-18,28H,4-5,15,19-21H2,1-3H3,(H,32,35). The summed E-state index contributed by atoms with van der Waals surface area (Å²) >= 11 is 6.08. The highest BCUT2D eigenvalue weighted by atomic mass is 35.5. The fourth-order valence-corrected chi connectivity index (χ4v) is 4.22. The molecule has 0 aliphatic heterocycles. The maximum Gasteiger partial charge on any atom is 0.261 e. The highest BCUT2D eigenvalue weighted by Gasteiger charge is 2.30. The largest absolute Gasteiger partial charge is 0.484 e. The number of amides is 2. The zero-order valence-electron chi connectivity index (χ0n) is 21.3. The number of benzene rings is 3. The third kappa shape index (κ3) is 8.42. The molecule has 2 amide bonds. The Kier molecular flexibility index (Phi) is 10.4. The fraction of sp³-hybridized carbons (Fsp3) is 0.333. The first kappa shape index (κ1) is 27.3. The molecule has 36 heavy (non-hydrogen) atoms. The lowest BCUT2D eigenvalue weighted by Crippen LogP contribution is -2.51. The van der Waals surface area contributed by atoms with E-state index in [1.54, 1.807) is 17.0 Å². The Labute approximate surface area is 219 Å². The third-order valence-corrected chi connectivity index (χ3v) is 6.18. The monoisotopic (exact) mass is 506 g/mol. The number of nitrogens with one attached hydrogen (secondary N) is 1. The highest BCUT2D eigenvalue weighted by molar-refractivity contribution is 6.30. The Morgan fingerprint density at radius 2 is 1.61 bits per heavy atom. The van der Waals surface area contributed by atoms with Crippen LogP contribution in [0.1, 0.15) is 42.0 Å². The van der Waals surface area contributed by atoms with Gasteiger partial charge in [0.15, 0.2) is 6.61 Å². The molecule has 0 radical (unpaired) electrons. The second kappa shape index (κ2) is 13.7. The molecule has 0 aromatic heterocycles. The molecule has 6 heteroatoms. The summed E-state index contributed by atoms with van der Waals surface area (Å²) in [5.74, 6) is 0.219. The van der Waals surface area contributed by atoms with Gasteiger partial charge in [0.25, 0.3) is 5.91 Å². The van der Waals surface area contributed by atoms with Crippen LogP contribution in [0.4, 0.5) is 0 Å². The average molecular weight is 507 g/mol. The number of hydrogen-bond acceptors (Lipinski definition) is 3. The van der Waals surface area contributed by atoms with Crippen molar-refractivity contribution in [3.05, 3.63) is 100 Å². The smallest absolute Gasteiger partial charge is 0.261 e. The molecule has 0 fully saturated rings. The van der Waals surface area contributed by atoms with Crippen LogP contribution < -0.4 is 10.1 Å². The molecule has 3 aromatic rings. The molecule has 0 saturated carbocycles. The van der Waals surface area contributed by atoms with Gasteiger partial charge in [-0.3, -0.25) is 9.59 Å². The molecule has 0 bridgehead atoms. The fourth-order valence-electron chi connectivity index (χ4n) is 4.09. The van der Waals surface area contributed by atoms with E-state index in [0.29, 0.717) is 23.7 Å². The second-order valence-electron chi connectivity index (χ2n) is 9.11. The SMILES string of the molecule is CCCCNC(=O)C(Cc1ccccc1)N(Cc1ccc(Cl)cc1)C(=O)COc1cc(C)cc(C)c1. The molecular weight excluding hydrogens is 472 g/mol. The predicted octanol–water partition coefficient (Wildman–Crippen LogP) is 5.89. The number of aryl methyl sites for hydroxylation is 2. The summed E-state index contributed by atoms with van der Waals surface area (Å²) in [6, 6.07) is 22.3. The summed E-state index contributed by atoms with van der Waals surface area (Å²) in [5.41, 5.74) is 4.00. The van der Waals surface area contributed by atoms with Gasteiger partial charge in [-0.25, -0.2) is 0 Å². The number of ether oxygens (including phenoxy) is 1. The van der Waals surface area contributed by atoms with Crippen LogP contribution in [0.25, 0.3) is 0 Å². The topological polar surface area (TPSA) is 58.6 Å². The number of carbonyl (C=O) groups excluding carboxylic acids is 2. The summed E-state index contributed by atoms with van der Waals surface area (Å²) in [6.07, 6.45) is 2.26. The van der Waals surface area contributed by atoms with E-state index in [2.05, 4.69) is 18.3 Å². The first-order valence-corrected chi connectivity index (χ1v) is 12.8. The summed E-state index contributed by atoms with van der Waals surface area (Å²) in [6.45, 7) is 6.74. The number of nitrogens with zero attached hydrogens (tertiary/aromatic N) is 1. The van der Waals surface area contributed by atoms with Gasteiger partial charge in [0, 0.05) is 24.5 Å².